The maximum absolute atomic E-state index is 13.0. The molecule has 2 amide bonds. The summed E-state index contributed by atoms with van der Waals surface area (Å²) >= 11 is 0. The summed E-state index contributed by atoms with van der Waals surface area (Å²) in [5.41, 5.74) is 7.42. The number of carbonyl (C=O) groups is 2. The van der Waals surface area contributed by atoms with Crippen molar-refractivity contribution in [3.05, 3.63) is 54.4 Å². The van der Waals surface area contributed by atoms with Crippen molar-refractivity contribution in [1.82, 2.24) is 19.5 Å². The molecular weight excluding hydrogens is 438 g/mol. The Labute approximate surface area is 195 Å². The summed E-state index contributed by atoms with van der Waals surface area (Å²) in [5, 5.41) is 7.24. The van der Waals surface area contributed by atoms with Crippen molar-refractivity contribution < 1.29 is 19.1 Å². The molecule has 0 aliphatic carbocycles. The predicted molar refractivity (Wildman–Crippen MR) is 127 cm³/mol. The molecule has 0 saturated carbocycles. The molecule has 2 aromatic heterocycles. The number of fused-ring (bicyclic) bond motifs is 1. The van der Waals surface area contributed by atoms with E-state index in [4.69, 9.17) is 15.2 Å². The van der Waals surface area contributed by atoms with E-state index >= 15 is 0 Å². The Kier molecular flexibility index (Phi) is 6.83. The van der Waals surface area contributed by atoms with Crippen LogP contribution in [0.5, 0.6) is 5.75 Å². The fraction of sp³-hybridized carbons (Fsp3) is 0.261. The number of para-hydroxylation sites is 1. The van der Waals surface area contributed by atoms with Crippen molar-refractivity contribution >= 4 is 28.9 Å². The van der Waals surface area contributed by atoms with Crippen LogP contribution in [0.1, 0.15) is 0 Å². The van der Waals surface area contributed by atoms with Crippen LogP contribution in [0.25, 0.3) is 17.0 Å². The average molecular weight is 463 g/mol. The lowest BCUT2D eigenvalue weighted by atomic mass is 10.1. The van der Waals surface area contributed by atoms with E-state index in [1.807, 2.05) is 24.3 Å². The molecule has 0 atom stereocenters. The average Bonchev–Trinajstić information content (AvgIpc) is 3.30. The van der Waals surface area contributed by atoms with E-state index in [9.17, 15) is 9.59 Å². The van der Waals surface area contributed by atoms with Gasteiger partial charge in [-0.25, -0.2) is 9.50 Å². The fourth-order valence-electron chi connectivity index (χ4n) is 3.63. The van der Waals surface area contributed by atoms with Gasteiger partial charge in [-0.15, -0.1) is 5.10 Å². The van der Waals surface area contributed by atoms with Crippen molar-refractivity contribution in [3.63, 3.8) is 0 Å². The van der Waals surface area contributed by atoms with E-state index in [2.05, 4.69) is 20.4 Å². The Morgan fingerprint density at radius 3 is 2.71 bits per heavy atom. The third-order valence-corrected chi connectivity index (χ3v) is 5.33. The van der Waals surface area contributed by atoms with E-state index in [1.165, 1.54) is 7.05 Å². The van der Waals surface area contributed by atoms with Crippen molar-refractivity contribution in [2.24, 2.45) is 10.7 Å². The van der Waals surface area contributed by atoms with Crippen molar-refractivity contribution in [2.75, 3.05) is 45.8 Å². The van der Waals surface area contributed by atoms with Gasteiger partial charge in [-0.05, 0) is 18.2 Å². The largest absolute Gasteiger partial charge is 0.496 e. The first kappa shape index (κ1) is 22.9. The minimum atomic E-state index is -0.561. The molecule has 0 radical (unpaired) electrons. The van der Waals surface area contributed by atoms with Crippen LogP contribution in [-0.4, -0.2) is 77.5 Å². The van der Waals surface area contributed by atoms with Gasteiger partial charge in [0.1, 0.15) is 11.5 Å². The van der Waals surface area contributed by atoms with Crippen LogP contribution in [0.2, 0.25) is 0 Å². The van der Waals surface area contributed by atoms with Crippen LogP contribution in [0.15, 0.2) is 59.4 Å². The molecule has 1 saturated heterocycles. The van der Waals surface area contributed by atoms with Gasteiger partial charge in [0.25, 0.3) is 11.8 Å². The van der Waals surface area contributed by atoms with Crippen LogP contribution in [-0.2, 0) is 14.3 Å². The summed E-state index contributed by atoms with van der Waals surface area (Å²) in [6.45, 7) is 1.72. The van der Waals surface area contributed by atoms with E-state index in [1.54, 1.807) is 34.9 Å². The number of methoxy groups -OCH3 is 1. The first-order valence-electron chi connectivity index (χ1n) is 10.6. The molecule has 3 aromatic rings. The number of pyridine rings is 1. The van der Waals surface area contributed by atoms with Crippen LogP contribution in [0.4, 0.5) is 5.69 Å². The first-order valence-corrected chi connectivity index (χ1v) is 10.6. The van der Waals surface area contributed by atoms with Crippen molar-refractivity contribution in [1.29, 1.82) is 0 Å². The molecule has 0 unspecified atom stereocenters. The number of hydrogen-bond donors (Lipinski definition) is 2. The SMILES string of the molecule is CN=C(C(=O)Nc1ccn2nc(-c3ccccc3OC)nc2c1)C(=CN)C(=O)N1CCOCC1. The lowest BCUT2D eigenvalue weighted by Crippen LogP contribution is -2.44. The number of rotatable bonds is 6. The maximum Gasteiger partial charge on any atom is 0.274 e. The number of nitrogens with zero attached hydrogens (tertiary/aromatic N) is 5. The minimum Gasteiger partial charge on any atom is -0.496 e. The van der Waals surface area contributed by atoms with Crippen LogP contribution in [0, 0.1) is 0 Å². The second-order valence-corrected chi connectivity index (χ2v) is 7.37. The molecule has 3 N–H and O–H groups in total. The van der Waals surface area contributed by atoms with Gasteiger partial charge in [0.2, 0.25) is 0 Å². The number of nitrogens with one attached hydrogen (secondary N) is 1. The molecule has 11 heteroatoms. The third kappa shape index (κ3) is 4.59. The van der Waals surface area contributed by atoms with E-state index < -0.39 is 5.91 Å². The molecule has 1 aliphatic heterocycles. The zero-order chi connectivity index (χ0) is 24.1. The Balaban J connectivity index is 1.55. The smallest absolute Gasteiger partial charge is 0.274 e. The Bertz CT molecular complexity index is 1280. The minimum absolute atomic E-state index is 0.0314. The highest BCUT2D eigenvalue weighted by Gasteiger charge is 2.27. The number of amides is 2. The number of nitrogens with two attached hydrogens (primary N) is 1. The molecule has 1 fully saturated rings. The summed E-state index contributed by atoms with van der Waals surface area (Å²) in [7, 11) is 3.02. The van der Waals surface area contributed by atoms with Crippen molar-refractivity contribution in [2.45, 2.75) is 0 Å². The number of ether oxygens (including phenoxy) is 2. The number of aromatic nitrogens is 3. The lowest BCUT2D eigenvalue weighted by Gasteiger charge is -2.27. The second-order valence-electron chi connectivity index (χ2n) is 7.37. The number of anilines is 1. The van der Waals surface area contributed by atoms with Gasteiger partial charge < -0.3 is 25.4 Å². The molecule has 0 bridgehead atoms. The quantitative estimate of drug-likeness (QED) is 0.413. The predicted octanol–water partition coefficient (Wildman–Crippen LogP) is 1.12. The number of hydrogen-bond acceptors (Lipinski definition) is 8. The summed E-state index contributed by atoms with van der Waals surface area (Å²) in [6.07, 6.45) is 2.79. The molecule has 4 rings (SSSR count). The summed E-state index contributed by atoms with van der Waals surface area (Å²) in [4.78, 5) is 36.0. The molecule has 3 heterocycles. The lowest BCUT2D eigenvalue weighted by molar-refractivity contribution is -0.130. The number of aliphatic imine (C=N–C) groups is 1. The summed E-state index contributed by atoms with van der Waals surface area (Å²) < 4.78 is 12.3. The zero-order valence-electron chi connectivity index (χ0n) is 18.9. The molecule has 0 spiro atoms. The monoisotopic (exact) mass is 463 g/mol. The highest BCUT2D eigenvalue weighted by Crippen LogP contribution is 2.27. The Morgan fingerprint density at radius 1 is 1.24 bits per heavy atom. The molecular formula is C23H25N7O4. The molecule has 34 heavy (non-hydrogen) atoms. The third-order valence-electron chi connectivity index (χ3n) is 5.33. The zero-order valence-corrected chi connectivity index (χ0v) is 18.9. The van der Waals surface area contributed by atoms with Crippen LogP contribution >= 0.6 is 0 Å². The highest BCUT2D eigenvalue weighted by atomic mass is 16.5. The van der Waals surface area contributed by atoms with Gasteiger partial charge in [-0.1, -0.05) is 12.1 Å². The maximum atomic E-state index is 13.0. The van der Waals surface area contributed by atoms with Gasteiger partial charge >= 0.3 is 0 Å². The van der Waals surface area contributed by atoms with E-state index in [0.717, 1.165) is 11.8 Å². The standard InChI is InChI=1S/C23H25N7O4/c1-25-20(17(14-24)23(32)29-9-11-34-12-10-29)22(31)26-15-7-8-30-19(13-15)27-21(28-30)16-5-3-4-6-18(16)33-2/h3-8,13-14H,9-12,24H2,1-2H3,(H,26,31). The van der Waals surface area contributed by atoms with Gasteiger partial charge in [0, 0.05) is 44.3 Å². The Morgan fingerprint density at radius 2 is 2.00 bits per heavy atom. The molecule has 176 valence electrons. The number of morpholine rings is 1. The van der Waals surface area contributed by atoms with Gasteiger partial charge in [-0.2, -0.15) is 0 Å². The molecule has 1 aromatic carbocycles. The second kappa shape index (κ2) is 10.1. The van der Waals surface area contributed by atoms with E-state index in [0.29, 0.717) is 49.2 Å². The normalized spacial score (nSPS) is 14.8. The van der Waals surface area contributed by atoms with Crippen LogP contribution in [0.3, 0.4) is 0 Å². The number of carbonyl (C=O) groups excluding carboxylic acids is 2. The number of benzene rings is 1. The molecule has 11 nitrogen and oxygen atoms in total. The Hall–Kier alpha value is -4.25. The molecule has 1 aliphatic rings. The first-order chi connectivity index (χ1) is 16.5. The fourth-order valence-corrected chi connectivity index (χ4v) is 3.63. The van der Waals surface area contributed by atoms with E-state index in [-0.39, 0.29) is 17.2 Å². The summed E-state index contributed by atoms with van der Waals surface area (Å²) in [6, 6.07) is 10.8. The summed E-state index contributed by atoms with van der Waals surface area (Å²) in [5.74, 6) is 0.216. The van der Waals surface area contributed by atoms with Crippen LogP contribution < -0.4 is 15.8 Å². The van der Waals surface area contributed by atoms with Gasteiger partial charge in [0.15, 0.2) is 11.5 Å². The van der Waals surface area contributed by atoms with Crippen molar-refractivity contribution in [3.8, 4) is 17.1 Å². The van der Waals surface area contributed by atoms with Gasteiger partial charge in [-0.3, -0.25) is 14.6 Å². The highest BCUT2D eigenvalue weighted by molar-refractivity contribution is 6.53. The van der Waals surface area contributed by atoms with Gasteiger partial charge in [0.05, 0.1) is 31.5 Å². The topological polar surface area (TPSA) is 136 Å².